The van der Waals surface area contributed by atoms with Crippen molar-refractivity contribution in [1.29, 1.82) is 0 Å². The molecule has 2 aromatic carbocycles. The van der Waals surface area contributed by atoms with Crippen LogP contribution in [0.15, 0.2) is 42.5 Å². The number of ketones is 1. The molecule has 0 N–H and O–H groups in total. The Bertz CT molecular complexity index is 769. The van der Waals surface area contributed by atoms with E-state index in [1.54, 1.807) is 38.5 Å². The number of methoxy groups -OCH3 is 3. The van der Waals surface area contributed by atoms with Gasteiger partial charge in [-0.2, -0.15) is 0 Å². The standard InChI is InChI=1S/C20H22O6/c1-23-18-11-9-14(12-19(18)24-2)8-10-16(21)15-6-4-5-7-17(15)26-13-20(22)25-3/h4-7,9,11-12H,8,10,13H2,1-3H3. The minimum atomic E-state index is -0.502. The second kappa shape index (κ2) is 9.46. The summed E-state index contributed by atoms with van der Waals surface area (Å²) in [5.74, 6) is 1.07. The Morgan fingerprint density at radius 1 is 0.885 bits per heavy atom. The van der Waals surface area contributed by atoms with Gasteiger partial charge in [0.25, 0.3) is 0 Å². The van der Waals surface area contributed by atoms with Crippen molar-refractivity contribution in [3.63, 3.8) is 0 Å². The van der Waals surface area contributed by atoms with Crippen LogP contribution in [0, 0.1) is 0 Å². The molecule has 0 saturated heterocycles. The number of carbonyl (C=O) groups excluding carboxylic acids is 2. The highest BCUT2D eigenvalue weighted by Gasteiger charge is 2.14. The molecule has 0 amide bonds. The van der Waals surface area contributed by atoms with Crippen LogP contribution < -0.4 is 14.2 Å². The molecule has 0 fully saturated rings. The molecule has 0 aliphatic rings. The minimum Gasteiger partial charge on any atom is -0.493 e. The van der Waals surface area contributed by atoms with E-state index in [-0.39, 0.29) is 12.4 Å². The summed E-state index contributed by atoms with van der Waals surface area (Å²) in [5.41, 5.74) is 1.40. The van der Waals surface area contributed by atoms with Crippen LogP contribution in [-0.2, 0) is 16.0 Å². The van der Waals surface area contributed by atoms with Crippen LogP contribution in [0.5, 0.6) is 17.2 Å². The summed E-state index contributed by atoms with van der Waals surface area (Å²) in [6.45, 7) is -0.240. The predicted molar refractivity (Wildman–Crippen MR) is 96.2 cm³/mol. The summed E-state index contributed by atoms with van der Waals surface area (Å²) in [5, 5.41) is 0. The van der Waals surface area contributed by atoms with Crippen LogP contribution in [-0.4, -0.2) is 39.7 Å². The number of Topliss-reactive ketones (excluding diaryl/α,β-unsaturated/α-hetero) is 1. The van der Waals surface area contributed by atoms with E-state index < -0.39 is 5.97 Å². The van der Waals surface area contributed by atoms with Crippen molar-refractivity contribution in [3.8, 4) is 17.2 Å². The molecule has 2 rings (SSSR count). The summed E-state index contributed by atoms with van der Waals surface area (Å²) in [6, 6.07) is 12.4. The van der Waals surface area contributed by atoms with Crippen molar-refractivity contribution >= 4 is 11.8 Å². The smallest absolute Gasteiger partial charge is 0.343 e. The van der Waals surface area contributed by atoms with Gasteiger partial charge >= 0.3 is 5.97 Å². The minimum absolute atomic E-state index is 0.0692. The van der Waals surface area contributed by atoms with E-state index in [2.05, 4.69) is 4.74 Å². The Hall–Kier alpha value is -3.02. The van der Waals surface area contributed by atoms with Gasteiger partial charge in [0.2, 0.25) is 0 Å². The van der Waals surface area contributed by atoms with Crippen LogP contribution in [0.2, 0.25) is 0 Å². The van der Waals surface area contributed by atoms with Gasteiger partial charge in [-0.3, -0.25) is 4.79 Å². The molecule has 0 heterocycles. The predicted octanol–water partition coefficient (Wildman–Crippen LogP) is 3.07. The molecule has 0 aliphatic carbocycles. The lowest BCUT2D eigenvalue weighted by molar-refractivity contribution is -0.142. The first kappa shape index (κ1) is 19.3. The Morgan fingerprint density at radius 3 is 2.31 bits per heavy atom. The molecular weight excluding hydrogens is 336 g/mol. The van der Waals surface area contributed by atoms with Gasteiger partial charge in [-0.15, -0.1) is 0 Å². The number of para-hydroxylation sites is 1. The van der Waals surface area contributed by atoms with Gasteiger partial charge in [0, 0.05) is 6.42 Å². The summed E-state index contributed by atoms with van der Waals surface area (Å²) in [7, 11) is 4.43. The van der Waals surface area contributed by atoms with Gasteiger partial charge in [0.05, 0.1) is 26.9 Å². The molecule has 0 aliphatic heterocycles. The largest absolute Gasteiger partial charge is 0.493 e. The van der Waals surface area contributed by atoms with Crippen molar-refractivity contribution in [3.05, 3.63) is 53.6 Å². The third-order valence-electron chi connectivity index (χ3n) is 3.85. The molecule has 0 atom stereocenters. The number of hydrogen-bond acceptors (Lipinski definition) is 6. The fraction of sp³-hybridized carbons (Fsp3) is 0.300. The SMILES string of the molecule is COC(=O)COc1ccccc1C(=O)CCc1ccc(OC)c(OC)c1. The summed E-state index contributed by atoms with van der Waals surface area (Å²) in [6.07, 6.45) is 0.846. The maximum atomic E-state index is 12.6. The van der Waals surface area contributed by atoms with Crippen LogP contribution in [0.4, 0.5) is 0 Å². The maximum absolute atomic E-state index is 12.6. The molecule has 6 heteroatoms. The number of carbonyl (C=O) groups is 2. The second-order valence-electron chi connectivity index (χ2n) is 5.47. The zero-order chi connectivity index (χ0) is 18.9. The Morgan fingerprint density at radius 2 is 1.62 bits per heavy atom. The second-order valence-corrected chi connectivity index (χ2v) is 5.47. The normalized spacial score (nSPS) is 10.1. The first-order valence-electron chi connectivity index (χ1n) is 8.11. The molecule has 2 aromatic rings. The first-order chi connectivity index (χ1) is 12.6. The molecular formula is C20H22O6. The van der Waals surface area contributed by atoms with Crippen LogP contribution in [0.3, 0.4) is 0 Å². The van der Waals surface area contributed by atoms with Crippen LogP contribution >= 0.6 is 0 Å². The van der Waals surface area contributed by atoms with Gasteiger partial charge < -0.3 is 18.9 Å². The Balaban J connectivity index is 2.05. The zero-order valence-electron chi connectivity index (χ0n) is 15.1. The topological polar surface area (TPSA) is 71.1 Å². The molecule has 0 saturated carbocycles. The fourth-order valence-electron chi connectivity index (χ4n) is 2.45. The number of aryl methyl sites for hydroxylation is 1. The zero-order valence-corrected chi connectivity index (χ0v) is 15.1. The van der Waals surface area contributed by atoms with E-state index in [1.807, 2.05) is 18.2 Å². The van der Waals surface area contributed by atoms with Gasteiger partial charge in [0.1, 0.15) is 5.75 Å². The van der Waals surface area contributed by atoms with Gasteiger partial charge in [-0.25, -0.2) is 4.79 Å². The van der Waals surface area contributed by atoms with E-state index in [0.717, 1.165) is 5.56 Å². The number of esters is 1. The molecule has 0 bridgehead atoms. The molecule has 6 nitrogen and oxygen atoms in total. The van der Waals surface area contributed by atoms with Crippen molar-refractivity contribution in [2.24, 2.45) is 0 Å². The third kappa shape index (κ3) is 4.99. The number of benzene rings is 2. The fourth-order valence-corrected chi connectivity index (χ4v) is 2.45. The molecule has 0 radical (unpaired) electrons. The monoisotopic (exact) mass is 358 g/mol. The van der Waals surface area contributed by atoms with Gasteiger partial charge in [-0.1, -0.05) is 18.2 Å². The van der Waals surface area contributed by atoms with Crippen molar-refractivity contribution < 1.29 is 28.5 Å². The van der Waals surface area contributed by atoms with Crippen LogP contribution in [0.25, 0.3) is 0 Å². The van der Waals surface area contributed by atoms with Crippen molar-refractivity contribution in [1.82, 2.24) is 0 Å². The molecule has 0 spiro atoms. The summed E-state index contributed by atoms with van der Waals surface area (Å²) in [4.78, 5) is 23.8. The lowest BCUT2D eigenvalue weighted by Gasteiger charge is -2.11. The van der Waals surface area contributed by atoms with E-state index in [4.69, 9.17) is 14.2 Å². The summed E-state index contributed by atoms with van der Waals surface area (Å²) < 4.78 is 20.4. The number of rotatable bonds is 9. The quantitative estimate of drug-likeness (QED) is 0.507. The molecule has 0 unspecified atom stereocenters. The number of ether oxygens (including phenoxy) is 4. The summed E-state index contributed by atoms with van der Waals surface area (Å²) >= 11 is 0. The van der Waals surface area contributed by atoms with Crippen molar-refractivity contribution in [2.45, 2.75) is 12.8 Å². The van der Waals surface area contributed by atoms with Gasteiger partial charge in [0.15, 0.2) is 23.9 Å². The molecule has 26 heavy (non-hydrogen) atoms. The maximum Gasteiger partial charge on any atom is 0.343 e. The molecule has 138 valence electrons. The number of hydrogen-bond donors (Lipinski definition) is 0. The first-order valence-corrected chi connectivity index (χ1v) is 8.11. The van der Waals surface area contributed by atoms with E-state index in [9.17, 15) is 9.59 Å². The van der Waals surface area contributed by atoms with E-state index in [0.29, 0.717) is 35.7 Å². The highest BCUT2D eigenvalue weighted by Crippen LogP contribution is 2.28. The van der Waals surface area contributed by atoms with E-state index >= 15 is 0 Å². The Labute approximate surface area is 152 Å². The Kier molecular flexibility index (Phi) is 7.02. The van der Waals surface area contributed by atoms with Crippen LogP contribution in [0.1, 0.15) is 22.3 Å². The molecule has 0 aromatic heterocycles. The average molecular weight is 358 g/mol. The van der Waals surface area contributed by atoms with E-state index in [1.165, 1.54) is 7.11 Å². The highest BCUT2D eigenvalue weighted by molar-refractivity contribution is 5.98. The lowest BCUT2D eigenvalue weighted by Crippen LogP contribution is -2.14. The van der Waals surface area contributed by atoms with Gasteiger partial charge in [-0.05, 0) is 36.2 Å². The highest BCUT2D eigenvalue weighted by atomic mass is 16.6. The average Bonchev–Trinajstić information content (AvgIpc) is 2.69. The lowest BCUT2D eigenvalue weighted by atomic mass is 10.0. The third-order valence-corrected chi connectivity index (χ3v) is 3.85. The van der Waals surface area contributed by atoms with Crippen molar-refractivity contribution in [2.75, 3.05) is 27.9 Å².